The quantitative estimate of drug-likeness (QED) is 0.652. The Bertz CT molecular complexity index is 139. The van der Waals surface area contributed by atoms with Crippen LogP contribution in [0.3, 0.4) is 0 Å². The summed E-state index contributed by atoms with van der Waals surface area (Å²) in [6.45, 7) is 9.63. The van der Waals surface area contributed by atoms with E-state index in [1.54, 1.807) is 0 Å². The van der Waals surface area contributed by atoms with Crippen molar-refractivity contribution in [2.24, 2.45) is 5.73 Å². The van der Waals surface area contributed by atoms with Crippen molar-refractivity contribution in [3.8, 4) is 0 Å². The van der Waals surface area contributed by atoms with Gasteiger partial charge < -0.3 is 10.8 Å². The average Bonchev–Trinajstić information content (AvgIpc) is 2.13. The Morgan fingerprint density at radius 2 is 1.86 bits per heavy atom. The van der Waals surface area contributed by atoms with Crippen LogP contribution in [0, 0.1) is 0 Å². The summed E-state index contributed by atoms with van der Waals surface area (Å²) in [5.41, 5.74) is 6.05. The van der Waals surface area contributed by atoms with E-state index in [-0.39, 0.29) is 18.7 Å². The van der Waals surface area contributed by atoms with Crippen LogP contribution in [0.5, 0.6) is 0 Å². The Morgan fingerprint density at radius 1 is 1.29 bits per heavy atom. The fourth-order valence-corrected chi connectivity index (χ4v) is 1.99. The van der Waals surface area contributed by atoms with E-state index in [1.165, 1.54) is 0 Å². The molecule has 0 aromatic heterocycles. The molecule has 0 aliphatic heterocycles. The predicted molar refractivity (Wildman–Crippen MR) is 61.3 cm³/mol. The van der Waals surface area contributed by atoms with Crippen molar-refractivity contribution >= 4 is 0 Å². The van der Waals surface area contributed by atoms with Crippen LogP contribution in [-0.2, 0) is 0 Å². The first kappa shape index (κ1) is 13.9. The molecular formula is C11H26N2O. The van der Waals surface area contributed by atoms with Crippen molar-refractivity contribution in [3.63, 3.8) is 0 Å². The van der Waals surface area contributed by atoms with Crippen LogP contribution in [0.25, 0.3) is 0 Å². The zero-order valence-corrected chi connectivity index (χ0v) is 10.0. The minimum Gasteiger partial charge on any atom is -0.395 e. The second-order valence-electron chi connectivity index (χ2n) is 4.13. The van der Waals surface area contributed by atoms with E-state index in [1.807, 2.05) is 0 Å². The molecule has 0 amide bonds. The molecule has 0 rings (SSSR count). The predicted octanol–water partition coefficient (Wildman–Crippen LogP) is 1.20. The average molecular weight is 202 g/mol. The number of aliphatic hydroxyl groups is 1. The first-order valence-electron chi connectivity index (χ1n) is 5.70. The van der Waals surface area contributed by atoms with E-state index in [9.17, 15) is 5.11 Å². The first-order chi connectivity index (χ1) is 6.58. The largest absolute Gasteiger partial charge is 0.395 e. The van der Waals surface area contributed by atoms with Gasteiger partial charge in [-0.15, -0.1) is 0 Å². The summed E-state index contributed by atoms with van der Waals surface area (Å²) < 4.78 is 0. The summed E-state index contributed by atoms with van der Waals surface area (Å²) in [6.07, 6.45) is 2.06. The number of nitrogens with zero attached hydrogens (tertiary/aromatic N) is 1. The second kappa shape index (κ2) is 7.21. The van der Waals surface area contributed by atoms with Crippen LogP contribution in [-0.4, -0.2) is 41.3 Å². The molecule has 86 valence electrons. The number of rotatable bonds is 7. The van der Waals surface area contributed by atoms with Gasteiger partial charge in [0.2, 0.25) is 0 Å². The third kappa shape index (κ3) is 3.95. The molecule has 0 spiro atoms. The fourth-order valence-electron chi connectivity index (χ4n) is 1.99. The lowest BCUT2D eigenvalue weighted by Crippen LogP contribution is -2.52. The third-order valence-corrected chi connectivity index (χ3v) is 2.76. The van der Waals surface area contributed by atoms with Crippen molar-refractivity contribution in [1.29, 1.82) is 0 Å². The Hall–Kier alpha value is -0.120. The zero-order valence-electron chi connectivity index (χ0n) is 10.0. The third-order valence-electron chi connectivity index (χ3n) is 2.76. The van der Waals surface area contributed by atoms with Crippen molar-refractivity contribution in [3.05, 3.63) is 0 Å². The maximum absolute atomic E-state index is 9.35. The molecule has 3 nitrogen and oxygen atoms in total. The van der Waals surface area contributed by atoms with Gasteiger partial charge in [0.15, 0.2) is 0 Å². The van der Waals surface area contributed by atoms with E-state index < -0.39 is 0 Å². The maximum atomic E-state index is 9.35. The van der Waals surface area contributed by atoms with Gasteiger partial charge in [-0.25, -0.2) is 0 Å². The zero-order chi connectivity index (χ0) is 11.1. The number of nitrogens with two attached hydrogens (primary N) is 1. The van der Waals surface area contributed by atoms with Crippen molar-refractivity contribution in [1.82, 2.24) is 4.90 Å². The highest BCUT2D eigenvalue weighted by Crippen LogP contribution is 2.11. The molecule has 0 aliphatic carbocycles. The van der Waals surface area contributed by atoms with Gasteiger partial charge in [-0.05, 0) is 26.8 Å². The highest BCUT2D eigenvalue weighted by molar-refractivity contribution is 4.82. The lowest BCUT2D eigenvalue weighted by Gasteiger charge is -2.36. The molecule has 0 bridgehead atoms. The summed E-state index contributed by atoms with van der Waals surface area (Å²) in [7, 11) is 0. The Morgan fingerprint density at radius 3 is 2.14 bits per heavy atom. The molecule has 0 aromatic carbocycles. The summed E-state index contributed by atoms with van der Waals surface area (Å²) >= 11 is 0. The summed E-state index contributed by atoms with van der Waals surface area (Å²) in [5.74, 6) is 0. The molecule has 0 aliphatic rings. The molecule has 0 saturated carbocycles. The van der Waals surface area contributed by atoms with Gasteiger partial charge in [0, 0.05) is 18.1 Å². The van der Waals surface area contributed by atoms with Crippen LogP contribution in [0.15, 0.2) is 0 Å². The molecule has 0 aromatic rings. The maximum Gasteiger partial charge on any atom is 0.0602 e. The van der Waals surface area contributed by atoms with Gasteiger partial charge in [0.05, 0.1) is 6.61 Å². The molecule has 14 heavy (non-hydrogen) atoms. The normalized spacial score (nSPS) is 16.3. The molecule has 0 radical (unpaired) electrons. The topological polar surface area (TPSA) is 49.5 Å². The Balaban J connectivity index is 4.34. The minimum absolute atomic E-state index is 0.0901. The van der Waals surface area contributed by atoms with E-state index in [0.717, 1.165) is 19.4 Å². The number of hydrogen-bond acceptors (Lipinski definition) is 3. The first-order valence-corrected chi connectivity index (χ1v) is 5.70. The van der Waals surface area contributed by atoms with Crippen LogP contribution in [0.4, 0.5) is 0 Å². The lowest BCUT2D eigenvalue weighted by atomic mass is 10.0. The summed E-state index contributed by atoms with van der Waals surface area (Å²) in [6, 6.07) is 0.646. The molecule has 3 N–H and O–H groups in total. The van der Waals surface area contributed by atoms with E-state index in [2.05, 4.69) is 32.6 Å². The lowest BCUT2D eigenvalue weighted by molar-refractivity contribution is 0.0811. The molecule has 3 heteroatoms. The Kier molecular flexibility index (Phi) is 7.15. The van der Waals surface area contributed by atoms with Crippen LogP contribution >= 0.6 is 0 Å². The molecule has 2 atom stereocenters. The Labute approximate surface area is 88.3 Å². The van der Waals surface area contributed by atoms with Crippen molar-refractivity contribution in [2.45, 2.75) is 58.7 Å². The van der Waals surface area contributed by atoms with Gasteiger partial charge in [-0.3, -0.25) is 4.90 Å². The number of likely N-dealkylation sites (N-methyl/N-ethyl adjacent to an activating group) is 1. The number of aliphatic hydroxyl groups excluding tert-OH is 1. The van der Waals surface area contributed by atoms with Crippen LogP contribution in [0.2, 0.25) is 0 Å². The fraction of sp³-hybridized carbons (Fsp3) is 1.00. The van der Waals surface area contributed by atoms with E-state index in [0.29, 0.717) is 6.04 Å². The van der Waals surface area contributed by atoms with Crippen molar-refractivity contribution in [2.75, 3.05) is 13.2 Å². The second-order valence-corrected chi connectivity index (χ2v) is 4.13. The van der Waals surface area contributed by atoms with E-state index >= 15 is 0 Å². The smallest absolute Gasteiger partial charge is 0.0602 e. The van der Waals surface area contributed by atoms with Gasteiger partial charge >= 0.3 is 0 Å². The monoisotopic (exact) mass is 202 g/mol. The summed E-state index contributed by atoms with van der Waals surface area (Å²) in [5, 5.41) is 9.35. The molecule has 0 heterocycles. The van der Waals surface area contributed by atoms with E-state index in [4.69, 9.17) is 5.73 Å². The van der Waals surface area contributed by atoms with Gasteiger partial charge in [0.25, 0.3) is 0 Å². The van der Waals surface area contributed by atoms with Crippen molar-refractivity contribution < 1.29 is 5.11 Å². The van der Waals surface area contributed by atoms with Gasteiger partial charge in [0.1, 0.15) is 0 Å². The standard InChI is InChI=1S/C11H26N2O/c1-5-7-10(12)11(8-14)13(6-2)9(3)4/h9-11,14H,5-8,12H2,1-4H3. The highest BCUT2D eigenvalue weighted by atomic mass is 16.3. The molecule has 2 unspecified atom stereocenters. The van der Waals surface area contributed by atoms with Gasteiger partial charge in [-0.1, -0.05) is 20.3 Å². The number of hydrogen-bond donors (Lipinski definition) is 2. The summed E-state index contributed by atoms with van der Waals surface area (Å²) in [4.78, 5) is 2.26. The van der Waals surface area contributed by atoms with Crippen LogP contribution in [0.1, 0.15) is 40.5 Å². The molecule has 0 saturated heterocycles. The molecular weight excluding hydrogens is 176 g/mol. The highest BCUT2D eigenvalue weighted by Gasteiger charge is 2.24. The van der Waals surface area contributed by atoms with Gasteiger partial charge in [-0.2, -0.15) is 0 Å². The molecule has 0 fully saturated rings. The van der Waals surface area contributed by atoms with Crippen LogP contribution < -0.4 is 5.73 Å². The minimum atomic E-state index is 0.0901. The SMILES string of the molecule is CCCC(N)C(CO)N(CC)C(C)C.